The molecule has 0 saturated carbocycles. The summed E-state index contributed by atoms with van der Waals surface area (Å²) in [6.07, 6.45) is -0.121. The molecule has 0 radical (unpaired) electrons. The van der Waals surface area contributed by atoms with E-state index < -0.39 is 28.3 Å². The van der Waals surface area contributed by atoms with Crippen LogP contribution in [-0.4, -0.2) is 46.8 Å². The molecular weight excluding hydrogens is 414 g/mol. The highest BCUT2D eigenvalue weighted by molar-refractivity contribution is 6.34. The molecule has 10 heteroatoms. The first kappa shape index (κ1) is 23.6. The predicted octanol–water partition coefficient (Wildman–Crippen LogP) is 3.40. The molecule has 0 bridgehead atoms. The van der Waals surface area contributed by atoms with Crippen LogP contribution in [-0.2, 0) is 19.1 Å². The third-order valence-electron chi connectivity index (χ3n) is 4.84. The molecule has 2 amide bonds. The molecule has 30 heavy (non-hydrogen) atoms. The van der Waals surface area contributed by atoms with E-state index in [9.17, 15) is 24.5 Å². The number of halogens is 1. The molecule has 0 aromatic heterocycles. The van der Waals surface area contributed by atoms with Gasteiger partial charge in [-0.15, -0.1) is 0 Å². The first-order valence-electron chi connectivity index (χ1n) is 9.65. The number of non-ortho nitro benzene ring substituents is 1. The average Bonchev–Trinajstić information content (AvgIpc) is 2.67. The summed E-state index contributed by atoms with van der Waals surface area (Å²) in [5.74, 6) is -1.43. The maximum Gasteiger partial charge on any atom is 0.309 e. The van der Waals surface area contributed by atoms with Gasteiger partial charge < -0.3 is 15.0 Å². The molecule has 0 spiro atoms. The smallest absolute Gasteiger partial charge is 0.309 e. The van der Waals surface area contributed by atoms with Crippen molar-refractivity contribution in [3.8, 4) is 0 Å². The van der Waals surface area contributed by atoms with Gasteiger partial charge in [-0.3, -0.25) is 24.5 Å². The van der Waals surface area contributed by atoms with Crippen LogP contribution in [0.4, 0.5) is 11.4 Å². The normalized spacial score (nSPS) is 16.0. The highest BCUT2D eigenvalue weighted by Gasteiger charge is 2.34. The van der Waals surface area contributed by atoms with E-state index in [4.69, 9.17) is 16.3 Å². The van der Waals surface area contributed by atoms with E-state index in [-0.39, 0.29) is 28.2 Å². The average molecular weight is 440 g/mol. The Morgan fingerprint density at radius 3 is 2.37 bits per heavy atom. The Morgan fingerprint density at radius 1 is 1.27 bits per heavy atom. The minimum absolute atomic E-state index is 0.00645. The summed E-state index contributed by atoms with van der Waals surface area (Å²) in [5.41, 5.74) is -0.489. The summed E-state index contributed by atoms with van der Waals surface area (Å²) in [6.45, 7) is 7.93. The molecule has 9 nitrogen and oxygen atoms in total. The van der Waals surface area contributed by atoms with Gasteiger partial charge in [-0.05, 0) is 25.8 Å². The topological polar surface area (TPSA) is 119 Å². The predicted molar refractivity (Wildman–Crippen MR) is 111 cm³/mol. The van der Waals surface area contributed by atoms with E-state index in [2.05, 4.69) is 5.32 Å². The third kappa shape index (κ3) is 5.91. The molecule has 1 aliphatic heterocycles. The number of hydrogen-bond acceptors (Lipinski definition) is 6. The first-order chi connectivity index (χ1) is 13.9. The molecular formula is C20H26ClN3O6. The van der Waals surface area contributed by atoms with Gasteiger partial charge in [0, 0.05) is 30.6 Å². The van der Waals surface area contributed by atoms with E-state index in [1.165, 1.54) is 19.1 Å². The number of nitro groups is 1. The van der Waals surface area contributed by atoms with Gasteiger partial charge in [0.2, 0.25) is 5.91 Å². The number of nitrogens with one attached hydrogen (secondary N) is 1. The van der Waals surface area contributed by atoms with Crippen molar-refractivity contribution in [1.82, 2.24) is 4.90 Å². The van der Waals surface area contributed by atoms with Crippen molar-refractivity contribution in [3.63, 3.8) is 0 Å². The second-order valence-electron chi connectivity index (χ2n) is 8.31. The molecule has 1 heterocycles. The Balaban J connectivity index is 1.88. The summed E-state index contributed by atoms with van der Waals surface area (Å²) in [7, 11) is 0. The standard InChI is InChI=1S/C20H26ClN3O6/c1-12(17(25)22-16-6-5-14(24(28)29)11-15(16)21)30-18(26)13-7-9-23(10-8-13)19(27)20(2,3)4/h5-6,11-13H,7-10H2,1-4H3,(H,22,25). The molecule has 1 aromatic carbocycles. The number of benzene rings is 1. The number of nitrogens with zero attached hydrogens (tertiary/aromatic N) is 2. The lowest BCUT2D eigenvalue weighted by atomic mass is 9.91. The Kier molecular flexibility index (Phi) is 7.41. The number of likely N-dealkylation sites (tertiary alicyclic amines) is 1. The molecule has 0 aliphatic carbocycles. The van der Waals surface area contributed by atoms with Crippen molar-refractivity contribution < 1.29 is 24.0 Å². The summed E-state index contributed by atoms with van der Waals surface area (Å²) in [4.78, 5) is 49.0. The quantitative estimate of drug-likeness (QED) is 0.426. The van der Waals surface area contributed by atoms with Crippen molar-refractivity contribution >= 4 is 40.8 Å². The Hall–Kier alpha value is -2.68. The summed E-state index contributed by atoms with van der Waals surface area (Å²) in [6, 6.07) is 3.65. The van der Waals surface area contributed by atoms with Crippen molar-refractivity contribution in [3.05, 3.63) is 33.3 Å². The number of rotatable bonds is 5. The van der Waals surface area contributed by atoms with Gasteiger partial charge in [-0.2, -0.15) is 0 Å². The van der Waals surface area contributed by atoms with Crippen molar-refractivity contribution in [2.24, 2.45) is 11.3 Å². The first-order valence-corrected chi connectivity index (χ1v) is 10.0. The number of carbonyl (C=O) groups is 3. The van der Waals surface area contributed by atoms with E-state index in [0.717, 1.165) is 6.07 Å². The summed E-state index contributed by atoms with van der Waals surface area (Å²) in [5, 5.41) is 13.3. The molecule has 164 valence electrons. The number of hydrogen-bond donors (Lipinski definition) is 1. The maximum absolute atomic E-state index is 12.4. The molecule has 1 aromatic rings. The fourth-order valence-corrected chi connectivity index (χ4v) is 3.29. The zero-order valence-corrected chi connectivity index (χ0v) is 18.2. The lowest BCUT2D eigenvalue weighted by molar-refractivity contribution is -0.384. The SMILES string of the molecule is CC(OC(=O)C1CCN(C(=O)C(C)(C)C)CC1)C(=O)Nc1ccc([N+](=O)[O-])cc1Cl. The molecule has 1 saturated heterocycles. The highest BCUT2D eigenvalue weighted by atomic mass is 35.5. The number of carbonyl (C=O) groups excluding carboxylic acids is 3. The van der Waals surface area contributed by atoms with Crippen LogP contribution in [0.5, 0.6) is 0 Å². The van der Waals surface area contributed by atoms with Crippen LogP contribution in [0.15, 0.2) is 18.2 Å². The van der Waals surface area contributed by atoms with E-state index >= 15 is 0 Å². The minimum atomic E-state index is -1.07. The summed E-state index contributed by atoms with van der Waals surface area (Å²) >= 11 is 5.96. The number of piperidine rings is 1. The van der Waals surface area contributed by atoms with Crippen LogP contribution >= 0.6 is 11.6 Å². The Morgan fingerprint density at radius 2 is 1.87 bits per heavy atom. The van der Waals surface area contributed by atoms with Crippen LogP contribution < -0.4 is 5.32 Å². The zero-order valence-electron chi connectivity index (χ0n) is 17.4. The van der Waals surface area contributed by atoms with Crippen molar-refractivity contribution in [1.29, 1.82) is 0 Å². The minimum Gasteiger partial charge on any atom is -0.452 e. The van der Waals surface area contributed by atoms with Crippen LogP contribution in [0.2, 0.25) is 5.02 Å². The Labute approximate surface area is 179 Å². The molecule has 1 fully saturated rings. The van der Waals surface area contributed by atoms with E-state index in [1.54, 1.807) is 4.90 Å². The highest BCUT2D eigenvalue weighted by Crippen LogP contribution is 2.27. The molecule has 1 N–H and O–H groups in total. The number of nitro benzene ring substituents is 1. The van der Waals surface area contributed by atoms with Gasteiger partial charge >= 0.3 is 5.97 Å². The fraction of sp³-hybridized carbons (Fsp3) is 0.550. The Bertz CT molecular complexity index is 843. The fourth-order valence-electron chi connectivity index (χ4n) is 3.07. The van der Waals surface area contributed by atoms with Gasteiger partial charge in [0.25, 0.3) is 11.6 Å². The summed E-state index contributed by atoms with van der Waals surface area (Å²) < 4.78 is 5.28. The van der Waals surface area contributed by atoms with E-state index in [1.807, 2.05) is 20.8 Å². The van der Waals surface area contributed by atoms with Crippen LogP contribution in [0.3, 0.4) is 0 Å². The monoisotopic (exact) mass is 439 g/mol. The largest absolute Gasteiger partial charge is 0.452 e. The molecule has 1 unspecified atom stereocenters. The number of amides is 2. The second kappa shape index (κ2) is 9.42. The van der Waals surface area contributed by atoms with Gasteiger partial charge in [-0.25, -0.2) is 0 Å². The maximum atomic E-state index is 12.4. The second-order valence-corrected chi connectivity index (χ2v) is 8.71. The van der Waals surface area contributed by atoms with Crippen molar-refractivity contribution in [2.75, 3.05) is 18.4 Å². The van der Waals surface area contributed by atoms with Crippen LogP contribution in [0.25, 0.3) is 0 Å². The third-order valence-corrected chi connectivity index (χ3v) is 5.15. The van der Waals surface area contributed by atoms with E-state index in [0.29, 0.717) is 25.9 Å². The van der Waals surface area contributed by atoms with Crippen LogP contribution in [0.1, 0.15) is 40.5 Å². The molecule has 1 atom stereocenters. The number of ether oxygens (including phenoxy) is 1. The van der Waals surface area contributed by atoms with Crippen LogP contribution in [0, 0.1) is 21.4 Å². The lowest BCUT2D eigenvalue weighted by Crippen LogP contribution is -2.45. The molecule has 2 rings (SSSR count). The van der Waals surface area contributed by atoms with Gasteiger partial charge in [0.05, 0.1) is 21.6 Å². The zero-order chi connectivity index (χ0) is 22.6. The number of esters is 1. The van der Waals surface area contributed by atoms with Gasteiger partial charge in [0.1, 0.15) is 0 Å². The molecule has 1 aliphatic rings. The van der Waals surface area contributed by atoms with Gasteiger partial charge in [0.15, 0.2) is 6.10 Å². The number of anilines is 1. The lowest BCUT2D eigenvalue weighted by Gasteiger charge is -2.35. The van der Waals surface area contributed by atoms with Crippen molar-refractivity contribution in [2.45, 2.75) is 46.6 Å². The van der Waals surface area contributed by atoms with Gasteiger partial charge in [-0.1, -0.05) is 32.4 Å².